The summed E-state index contributed by atoms with van der Waals surface area (Å²) in [5.41, 5.74) is -0.217. The first-order valence-electron chi connectivity index (χ1n) is 13.1. The van der Waals surface area contributed by atoms with Gasteiger partial charge in [-0.15, -0.1) is 0 Å². The standard InChI is InChI=1S/C27H42O5/c1-15-7-10-27(31-14-15)16(2)23-21(32-27)13-26(30)19-6-5-17-11-18(28)8-9-24(17,3)20(19)12-22(29)25(23,26)4/h5,15-16,18-23,28-30H,6-14H2,1-4H3/t15?,16-,18-,19+,20-,21-,22+,23-,24-,25+,26+,27+/m0/s1. The van der Waals surface area contributed by atoms with Gasteiger partial charge in [-0.25, -0.2) is 0 Å². The molecule has 6 rings (SSSR count). The highest BCUT2D eigenvalue weighted by atomic mass is 16.7. The lowest BCUT2D eigenvalue weighted by atomic mass is 9.44. The first-order valence-corrected chi connectivity index (χ1v) is 13.1. The van der Waals surface area contributed by atoms with Crippen LogP contribution in [0.5, 0.6) is 0 Å². The fourth-order valence-electron chi connectivity index (χ4n) is 9.59. The Balaban J connectivity index is 1.36. The van der Waals surface area contributed by atoms with Crippen molar-refractivity contribution in [2.75, 3.05) is 6.61 Å². The number of fused-ring (bicyclic) bond motifs is 7. The summed E-state index contributed by atoms with van der Waals surface area (Å²) in [6.45, 7) is 9.67. The maximum atomic E-state index is 12.5. The first-order chi connectivity index (χ1) is 15.0. The molecule has 5 heteroatoms. The monoisotopic (exact) mass is 446 g/mol. The lowest BCUT2D eigenvalue weighted by Crippen LogP contribution is -2.66. The molecule has 5 fully saturated rings. The van der Waals surface area contributed by atoms with E-state index < -0.39 is 22.9 Å². The average Bonchev–Trinajstić information content (AvgIpc) is 3.14. The molecule has 2 heterocycles. The zero-order valence-electron chi connectivity index (χ0n) is 20.2. The van der Waals surface area contributed by atoms with Crippen molar-refractivity contribution < 1.29 is 24.8 Å². The van der Waals surface area contributed by atoms with E-state index in [1.165, 1.54) is 5.57 Å². The van der Waals surface area contributed by atoms with E-state index in [4.69, 9.17) is 9.47 Å². The van der Waals surface area contributed by atoms with Crippen LogP contribution in [0.2, 0.25) is 0 Å². The number of ether oxygens (including phenoxy) is 2. The molecule has 12 atom stereocenters. The molecule has 0 aromatic carbocycles. The number of hydrogen-bond donors (Lipinski definition) is 3. The molecule has 5 nitrogen and oxygen atoms in total. The van der Waals surface area contributed by atoms with Gasteiger partial charge in [0.1, 0.15) is 0 Å². The molecule has 1 unspecified atom stereocenters. The van der Waals surface area contributed by atoms with Crippen LogP contribution in [0.15, 0.2) is 11.6 Å². The molecule has 0 aromatic heterocycles. The molecule has 6 aliphatic rings. The molecule has 0 radical (unpaired) electrons. The highest BCUT2D eigenvalue weighted by Gasteiger charge is 2.76. The number of rotatable bonds is 0. The van der Waals surface area contributed by atoms with Gasteiger partial charge < -0.3 is 24.8 Å². The zero-order chi connectivity index (χ0) is 22.7. The Hall–Kier alpha value is -0.460. The van der Waals surface area contributed by atoms with E-state index in [-0.39, 0.29) is 41.3 Å². The van der Waals surface area contributed by atoms with Gasteiger partial charge in [-0.2, -0.15) is 0 Å². The van der Waals surface area contributed by atoms with Crippen molar-refractivity contribution in [3.63, 3.8) is 0 Å². The summed E-state index contributed by atoms with van der Waals surface area (Å²) in [7, 11) is 0. The molecule has 0 bridgehead atoms. The molecule has 2 aliphatic heterocycles. The summed E-state index contributed by atoms with van der Waals surface area (Å²) in [5.74, 6) is 0.642. The van der Waals surface area contributed by atoms with Gasteiger partial charge in [0.2, 0.25) is 0 Å². The number of hydrogen-bond acceptors (Lipinski definition) is 5. The second-order valence-electron chi connectivity index (χ2n) is 12.9. The summed E-state index contributed by atoms with van der Waals surface area (Å²) in [6.07, 6.45) is 8.14. The molecule has 3 N–H and O–H groups in total. The Kier molecular flexibility index (Phi) is 4.69. The lowest BCUT2D eigenvalue weighted by molar-refractivity contribution is -0.285. The van der Waals surface area contributed by atoms with E-state index in [2.05, 4.69) is 33.8 Å². The second kappa shape index (κ2) is 6.81. The summed E-state index contributed by atoms with van der Waals surface area (Å²) >= 11 is 0. The number of allylic oxidation sites excluding steroid dienone is 1. The minimum atomic E-state index is -0.941. The van der Waals surface area contributed by atoms with Gasteiger partial charge in [-0.3, -0.25) is 0 Å². The predicted molar refractivity (Wildman–Crippen MR) is 121 cm³/mol. The van der Waals surface area contributed by atoms with Crippen LogP contribution in [0.4, 0.5) is 0 Å². The minimum absolute atomic E-state index is 0.0335. The van der Waals surface area contributed by atoms with E-state index in [0.717, 1.165) is 51.6 Å². The molecular weight excluding hydrogens is 404 g/mol. The Labute approximate surface area is 192 Å². The van der Waals surface area contributed by atoms with Gasteiger partial charge in [0.15, 0.2) is 5.79 Å². The summed E-state index contributed by atoms with van der Waals surface area (Å²) in [5, 5.41) is 34.5. The third kappa shape index (κ3) is 2.53. The zero-order valence-corrected chi connectivity index (χ0v) is 20.2. The van der Waals surface area contributed by atoms with Crippen LogP contribution in [0.25, 0.3) is 0 Å². The lowest BCUT2D eigenvalue weighted by Gasteiger charge is -2.63. The van der Waals surface area contributed by atoms with Crippen molar-refractivity contribution in [3.05, 3.63) is 11.6 Å². The van der Waals surface area contributed by atoms with Crippen molar-refractivity contribution in [1.82, 2.24) is 0 Å². The van der Waals surface area contributed by atoms with Crippen LogP contribution >= 0.6 is 0 Å². The number of aliphatic hydroxyl groups excluding tert-OH is 2. The summed E-state index contributed by atoms with van der Waals surface area (Å²) in [4.78, 5) is 0. The molecule has 0 aromatic rings. The van der Waals surface area contributed by atoms with E-state index in [1.54, 1.807) is 0 Å². The maximum absolute atomic E-state index is 12.5. The molecular formula is C27H42O5. The maximum Gasteiger partial charge on any atom is 0.171 e. The molecule has 32 heavy (non-hydrogen) atoms. The van der Waals surface area contributed by atoms with Crippen LogP contribution < -0.4 is 0 Å². The Morgan fingerprint density at radius 3 is 2.56 bits per heavy atom. The Bertz CT molecular complexity index is 817. The molecule has 2 saturated heterocycles. The average molecular weight is 447 g/mol. The van der Waals surface area contributed by atoms with Crippen LogP contribution in [0.3, 0.4) is 0 Å². The van der Waals surface area contributed by atoms with Crippen LogP contribution in [0, 0.1) is 40.4 Å². The van der Waals surface area contributed by atoms with Crippen molar-refractivity contribution in [2.24, 2.45) is 40.4 Å². The molecule has 1 spiro atoms. The highest BCUT2D eigenvalue weighted by molar-refractivity contribution is 5.30. The van der Waals surface area contributed by atoms with Crippen LogP contribution in [-0.2, 0) is 9.47 Å². The fourth-order valence-corrected chi connectivity index (χ4v) is 9.59. The van der Waals surface area contributed by atoms with E-state index >= 15 is 0 Å². The van der Waals surface area contributed by atoms with Crippen LogP contribution in [0.1, 0.15) is 79.1 Å². The second-order valence-corrected chi connectivity index (χ2v) is 12.9. The Morgan fingerprint density at radius 1 is 1.06 bits per heavy atom. The summed E-state index contributed by atoms with van der Waals surface area (Å²) < 4.78 is 13.1. The largest absolute Gasteiger partial charge is 0.393 e. The van der Waals surface area contributed by atoms with E-state index in [0.29, 0.717) is 12.3 Å². The number of aliphatic hydroxyl groups is 3. The third-order valence-electron chi connectivity index (χ3n) is 11.6. The third-order valence-corrected chi connectivity index (χ3v) is 11.6. The normalized spacial score (nSPS) is 61.5. The van der Waals surface area contributed by atoms with Gasteiger partial charge in [0, 0.05) is 30.1 Å². The highest BCUT2D eigenvalue weighted by Crippen LogP contribution is 2.72. The smallest absolute Gasteiger partial charge is 0.171 e. The first kappa shape index (κ1) is 22.0. The molecule has 0 amide bonds. The van der Waals surface area contributed by atoms with Gasteiger partial charge in [0.25, 0.3) is 0 Å². The van der Waals surface area contributed by atoms with Crippen molar-refractivity contribution in [1.29, 1.82) is 0 Å². The predicted octanol–water partition coefficient (Wildman–Crippen LogP) is 3.80. The van der Waals surface area contributed by atoms with Crippen molar-refractivity contribution in [2.45, 2.75) is 109 Å². The van der Waals surface area contributed by atoms with Crippen molar-refractivity contribution in [3.8, 4) is 0 Å². The van der Waals surface area contributed by atoms with Gasteiger partial charge in [-0.1, -0.05) is 39.3 Å². The SMILES string of the molecule is CC1CC[C@@]2(OC1)O[C@H]1C[C@@]3(O)[C@@H]4CC=C5C[C@@H](O)CC[C@]5(C)[C@H]4C[C@@H](O)[C@]3(C)[C@H]1[C@@H]2C. The van der Waals surface area contributed by atoms with E-state index in [9.17, 15) is 15.3 Å². The van der Waals surface area contributed by atoms with Gasteiger partial charge >= 0.3 is 0 Å². The van der Waals surface area contributed by atoms with Crippen molar-refractivity contribution >= 4 is 0 Å². The van der Waals surface area contributed by atoms with E-state index in [1.807, 2.05) is 0 Å². The summed E-state index contributed by atoms with van der Waals surface area (Å²) in [6, 6.07) is 0. The molecule has 3 saturated carbocycles. The molecule has 4 aliphatic carbocycles. The van der Waals surface area contributed by atoms with Crippen LogP contribution in [-0.4, -0.2) is 51.6 Å². The van der Waals surface area contributed by atoms with Gasteiger partial charge in [0.05, 0.1) is 30.5 Å². The van der Waals surface area contributed by atoms with Gasteiger partial charge in [-0.05, 0) is 61.7 Å². The fraction of sp³-hybridized carbons (Fsp3) is 0.926. The molecule has 180 valence electrons. The topological polar surface area (TPSA) is 79.2 Å². The Morgan fingerprint density at radius 2 is 1.84 bits per heavy atom. The minimum Gasteiger partial charge on any atom is -0.393 e. The quantitative estimate of drug-likeness (QED) is 0.493.